The molecule has 2 atom stereocenters. The first-order valence-corrected chi connectivity index (χ1v) is 6.13. The molecule has 2 unspecified atom stereocenters. The van der Waals surface area contributed by atoms with E-state index in [2.05, 4.69) is 18.7 Å². The zero-order valence-corrected chi connectivity index (χ0v) is 10.3. The minimum atomic E-state index is -0.296. The van der Waals surface area contributed by atoms with E-state index in [9.17, 15) is 9.18 Å². The van der Waals surface area contributed by atoms with Gasteiger partial charge in [-0.2, -0.15) is 0 Å². The average Bonchev–Trinajstić information content (AvgIpc) is 2.32. The second-order valence-corrected chi connectivity index (χ2v) is 5.01. The summed E-state index contributed by atoms with van der Waals surface area (Å²) in [6, 6.07) is 5.07. The van der Waals surface area contributed by atoms with Crippen LogP contribution in [0, 0.1) is 11.7 Å². The topological polar surface area (TPSA) is 20.3 Å². The van der Waals surface area contributed by atoms with Crippen LogP contribution in [0.3, 0.4) is 0 Å². The number of nitrogens with zero attached hydrogens (tertiary/aromatic N) is 1. The molecule has 1 aliphatic heterocycles. The van der Waals surface area contributed by atoms with Crippen LogP contribution in [0.4, 0.5) is 10.1 Å². The average molecular weight is 235 g/mol. The van der Waals surface area contributed by atoms with Crippen molar-refractivity contribution in [3.05, 3.63) is 29.6 Å². The highest BCUT2D eigenvalue weighted by atomic mass is 19.1. The fraction of sp³-hybridized carbons (Fsp3) is 0.500. The summed E-state index contributed by atoms with van der Waals surface area (Å²) in [6.07, 6.45) is 2.97. The van der Waals surface area contributed by atoms with Crippen molar-refractivity contribution in [2.24, 2.45) is 5.92 Å². The lowest BCUT2D eigenvalue weighted by molar-refractivity contribution is 0.112. The van der Waals surface area contributed by atoms with E-state index in [0.717, 1.165) is 13.0 Å². The highest BCUT2D eigenvalue weighted by Crippen LogP contribution is 2.29. The zero-order chi connectivity index (χ0) is 12.4. The lowest BCUT2D eigenvalue weighted by Gasteiger charge is -2.38. The van der Waals surface area contributed by atoms with Gasteiger partial charge in [-0.1, -0.05) is 6.92 Å². The summed E-state index contributed by atoms with van der Waals surface area (Å²) in [5, 5.41) is 0. The Labute approximate surface area is 101 Å². The number of hydrogen-bond acceptors (Lipinski definition) is 2. The van der Waals surface area contributed by atoms with Crippen LogP contribution >= 0.6 is 0 Å². The largest absolute Gasteiger partial charge is 0.366 e. The molecular formula is C14H18FNO. The van der Waals surface area contributed by atoms with Crippen LogP contribution in [0.25, 0.3) is 0 Å². The van der Waals surface area contributed by atoms with E-state index in [1.54, 1.807) is 12.1 Å². The first-order chi connectivity index (χ1) is 8.11. The molecule has 3 heteroatoms. The lowest BCUT2D eigenvalue weighted by Crippen LogP contribution is -2.41. The molecule has 1 aromatic rings. The van der Waals surface area contributed by atoms with Crippen molar-refractivity contribution in [3.8, 4) is 0 Å². The van der Waals surface area contributed by atoms with Crippen LogP contribution in [0.2, 0.25) is 0 Å². The van der Waals surface area contributed by atoms with Crippen LogP contribution in [-0.2, 0) is 0 Å². The maximum Gasteiger partial charge on any atom is 0.150 e. The van der Waals surface area contributed by atoms with Gasteiger partial charge in [0.25, 0.3) is 0 Å². The van der Waals surface area contributed by atoms with E-state index >= 15 is 0 Å². The third kappa shape index (κ3) is 2.48. The molecule has 0 radical (unpaired) electrons. The van der Waals surface area contributed by atoms with E-state index in [1.807, 2.05) is 0 Å². The number of carbonyl (C=O) groups excluding carboxylic acids is 1. The van der Waals surface area contributed by atoms with Crippen LogP contribution in [-0.4, -0.2) is 18.9 Å². The number of carbonyl (C=O) groups is 1. The molecule has 2 nitrogen and oxygen atoms in total. The van der Waals surface area contributed by atoms with Crippen molar-refractivity contribution in [2.75, 3.05) is 11.4 Å². The SMILES string of the molecule is CC1CCC(C)N(c2ccc(C=O)cc2F)C1. The molecule has 0 amide bonds. The predicted octanol–water partition coefficient (Wildman–Crippen LogP) is 3.26. The number of halogens is 1. The molecular weight excluding hydrogens is 217 g/mol. The Kier molecular flexibility index (Phi) is 3.46. The molecule has 17 heavy (non-hydrogen) atoms. The van der Waals surface area contributed by atoms with Gasteiger partial charge in [0.2, 0.25) is 0 Å². The first kappa shape index (κ1) is 12.1. The molecule has 0 aromatic heterocycles. The molecule has 1 aliphatic rings. The van der Waals surface area contributed by atoms with Crippen LogP contribution in [0.1, 0.15) is 37.0 Å². The number of rotatable bonds is 2. The third-order valence-electron chi connectivity index (χ3n) is 3.53. The van der Waals surface area contributed by atoms with Gasteiger partial charge in [0.15, 0.2) is 0 Å². The number of anilines is 1. The van der Waals surface area contributed by atoms with Crippen LogP contribution < -0.4 is 4.90 Å². The molecule has 0 bridgehead atoms. The summed E-state index contributed by atoms with van der Waals surface area (Å²) in [4.78, 5) is 12.7. The maximum atomic E-state index is 13.9. The summed E-state index contributed by atoms with van der Waals surface area (Å²) in [6.45, 7) is 5.20. The molecule has 0 saturated carbocycles. The highest BCUT2D eigenvalue weighted by molar-refractivity contribution is 5.76. The molecule has 1 aromatic carbocycles. The molecule has 0 spiro atoms. The van der Waals surface area contributed by atoms with Crippen molar-refractivity contribution < 1.29 is 9.18 Å². The summed E-state index contributed by atoms with van der Waals surface area (Å²) in [5.74, 6) is 0.298. The van der Waals surface area contributed by atoms with Crippen molar-refractivity contribution in [1.82, 2.24) is 0 Å². The van der Waals surface area contributed by atoms with E-state index in [1.165, 1.54) is 12.5 Å². The molecule has 1 saturated heterocycles. The van der Waals surface area contributed by atoms with Gasteiger partial charge < -0.3 is 4.90 Å². The number of piperidine rings is 1. The van der Waals surface area contributed by atoms with Gasteiger partial charge in [-0.3, -0.25) is 4.79 Å². The summed E-state index contributed by atoms with van der Waals surface area (Å²) < 4.78 is 13.9. The van der Waals surface area contributed by atoms with E-state index in [0.29, 0.717) is 29.5 Å². The Bertz CT molecular complexity index is 419. The molecule has 0 N–H and O–H groups in total. The monoisotopic (exact) mass is 235 g/mol. The van der Waals surface area contributed by atoms with Gasteiger partial charge >= 0.3 is 0 Å². The predicted molar refractivity (Wildman–Crippen MR) is 67.0 cm³/mol. The summed E-state index contributed by atoms with van der Waals surface area (Å²) in [5.41, 5.74) is 1.01. The highest BCUT2D eigenvalue weighted by Gasteiger charge is 2.24. The van der Waals surface area contributed by atoms with Crippen LogP contribution in [0.15, 0.2) is 18.2 Å². The van der Waals surface area contributed by atoms with Crippen molar-refractivity contribution >= 4 is 12.0 Å². The standard InChI is InChI=1S/C14H18FNO/c1-10-3-4-11(2)16(8-10)14-6-5-12(9-17)7-13(14)15/h5-7,9-11H,3-4,8H2,1-2H3. The quantitative estimate of drug-likeness (QED) is 0.733. The molecule has 0 aliphatic carbocycles. The van der Waals surface area contributed by atoms with Crippen LogP contribution in [0.5, 0.6) is 0 Å². The van der Waals surface area contributed by atoms with Crippen molar-refractivity contribution in [3.63, 3.8) is 0 Å². The van der Waals surface area contributed by atoms with Gasteiger partial charge in [-0.05, 0) is 43.9 Å². The van der Waals surface area contributed by atoms with E-state index in [4.69, 9.17) is 0 Å². The Morgan fingerprint density at radius 1 is 1.35 bits per heavy atom. The smallest absolute Gasteiger partial charge is 0.150 e. The number of hydrogen-bond donors (Lipinski definition) is 0. The minimum absolute atomic E-state index is 0.296. The fourth-order valence-electron chi connectivity index (χ4n) is 2.45. The van der Waals surface area contributed by atoms with Crippen molar-refractivity contribution in [2.45, 2.75) is 32.7 Å². The first-order valence-electron chi connectivity index (χ1n) is 6.13. The van der Waals surface area contributed by atoms with Gasteiger partial charge in [0.1, 0.15) is 12.1 Å². The Balaban J connectivity index is 2.29. The normalized spacial score (nSPS) is 24.8. The zero-order valence-electron chi connectivity index (χ0n) is 10.3. The molecule has 92 valence electrons. The lowest BCUT2D eigenvalue weighted by atomic mass is 9.94. The summed E-state index contributed by atoms with van der Waals surface area (Å²) >= 11 is 0. The van der Waals surface area contributed by atoms with Gasteiger partial charge in [-0.15, -0.1) is 0 Å². The van der Waals surface area contributed by atoms with E-state index < -0.39 is 0 Å². The third-order valence-corrected chi connectivity index (χ3v) is 3.53. The second kappa shape index (κ2) is 4.86. The van der Waals surface area contributed by atoms with Gasteiger partial charge in [0, 0.05) is 18.2 Å². The molecule has 1 heterocycles. The number of aldehydes is 1. The van der Waals surface area contributed by atoms with Gasteiger partial charge in [0.05, 0.1) is 5.69 Å². The van der Waals surface area contributed by atoms with Crippen molar-refractivity contribution in [1.29, 1.82) is 0 Å². The Morgan fingerprint density at radius 3 is 2.76 bits per heavy atom. The fourth-order valence-corrected chi connectivity index (χ4v) is 2.45. The maximum absolute atomic E-state index is 13.9. The molecule has 1 fully saturated rings. The second-order valence-electron chi connectivity index (χ2n) is 5.01. The van der Waals surface area contributed by atoms with E-state index in [-0.39, 0.29) is 5.82 Å². The molecule has 2 rings (SSSR count). The number of benzene rings is 1. The summed E-state index contributed by atoms with van der Waals surface area (Å²) in [7, 11) is 0. The Hall–Kier alpha value is -1.38. The Morgan fingerprint density at radius 2 is 2.12 bits per heavy atom. The minimum Gasteiger partial charge on any atom is -0.366 e. The van der Waals surface area contributed by atoms with Gasteiger partial charge in [-0.25, -0.2) is 4.39 Å².